The van der Waals surface area contributed by atoms with Crippen LogP contribution in [0.5, 0.6) is 11.5 Å². The highest BCUT2D eigenvalue weighted by Crippen LogP contribution is 2.32. The fourth-order valence-electron chi connectivity index (χ4n) is 3.44. The first-order chi connectivity index (χ1) is 12.7. The van der Waals surface area contributed by atoms with Crippen LogP contribution >= 0.6 is 0 Å². The fourth-order valence-corrected chi connectivity index (χ4v) is 3.44. The van der Waals surface area contributed by atoms with Crippen molar-refractivity contribution < 1.29 is 14.3 Å². The van der Waals surface area contributed by atoms with Crippen LogP contribution in [-0.2, 0) is 6.54 Å². The number of anilines is 1. The van der Waals surface area contributed by atoms with Gasteiger partial charge < -0.3 is 19.7 Å². The van der Waals surface area contributed by atoms with E-state index >= 15 is 0 Å². The van der Waals surface area contributed by atoms with Crippen LogP contribution in [0.25, 0.3) is 0 Å². The molecular weight excluding hydrogens is 330 g/mol. The van der Waals surface area contributed by atoms with Crippen LogP contribution in [0.3, 0.4) is 0 Å². The van der Waals surface area contributed by atoms with Gasteiger partial charge in [-0.05, 0) is 48.6 Å². The Hall–Kier alpha value is -2.76. The van der Waals surface area contributed by atoms with E-state index in [2.05, 4.69) is 22.1 Å². The molecule has 136 valence electrons. The van der Waals surface area contributed by atoms with E-state index in [4.69, 9.17) is 9.47 Å². The Morgan fingerprint density at radius 3 is 2.96 bits per heavy atom. The molecule has 1 N–H and O–H groups in total. The summed E-state index contributed by atoms with van der Waals surface area (Å²) in [6, 6.07) is 9.46. The molecular formula is C20H23N3O3. The van der Waals surface area contributed by atoms with E-state index in [1.807, 2.05) is 30.3 Å². The number of nitrogens with zero attached hydrogens (tertiary/aromatic N) is 2. The lowest BCUT2D eigenvalue weighted by molar-refractivity contribution is 0.0950. The maximum Gasteiger partial charge on any atom is 0.253 e. The zero-order valence-corrected chi connectivity index (χ0v) is 14.9. The molecule has 6 heteroatoms. The smallest absolute Gasteiger partial charge is 0.253 e. The molecule has 0 saturated carbocycles. The summed E-state index contributed by atoms with van der Waals surface area (Å²) in [6.45, 7) is 5.01. The highest BCUT2D eigenvalue weighted by atomic mass is 16.7. The maximum atomic E-state index is 12.4. The summed E-state index contributed by atoms with van der Waals surface area (Å²) in [5, 5.41) is 2.92. The standard InChI is InChI=1S/C20H23N3O3/c1-14-3-2-8-23(12-14)19-7-5-16(11-21-19)20(24)22-10-15-4-6-17-18(9-15)26-13-25-17/h4-7,9,11,14H,2-3,8,10,12-13H2,1H3,(H,22,24). The zero-order valence-electron chi connectivity index (χ0n) is 14.9. The summed E-state index contributed by atoms with van der Waals surface area (Å²) in [6.07, 6.45) is 4.13. The molecule has 1 aromatic carbocycles. The minimum atomic E-state index is -0.131. The van der Waals surface area contributed by atoms with Crippen LogP contribution in [0.1, 0.15) is 35.7 Å². The Labute approximate surface area is 153 Å². The second-order valence-corrected chi connectivity index (χ2v) is 6.97. The number of rotatable bonds is 4. The lowest BCUT2D eigenvalue weighted by atomic mass is 10.0. The number of carbonyl (C=O) groups is 1. The summed E-state index contributed by atoms with van der Waals surface area (Å²) in [7, 11) is 0. The van der Waals surface area contributed by atoms with Gasteiger partial charge in [-0.3, -0.25) is 4.79 Å². The topological polar surface area (TPSA) is 63.7 Å². The summed E-state index contributed by atoms with van der Waals surface area (Å²) < 4.78 is 10.7. The molecule has 0 bridgehead atoms. The van der Waals surface area contributed by atoms with E-state index in [1.54, 1.807) is 6.20 Å². The van der Waals surface area contributed by atoms with Gasteiger partial charge >= 0.3 is 0 Å². The van der Waals surface area contributed by atoms with Crippen LogP contribution in [0.2, 0.25) is 0 Å². The van der Waals surface area contributed by atoms with Crippen molar-refractivity contribution in [2.24, 2.45) is 5.92 Å². The molecule has 3 heterocycles. The molecule has 1 unspecified atom stereocenters. The van der Waals surface area contributed by atoms with Gasteiger partial charge in [0.15, 0.2) is 11.5 Å². The molecule has 0 spiro atoms. The summed E-state index contributed by atoms with van der Waals surface area (Å²) in [4.78, 5) is 19.2. The minimum absolute atomic E-state index is 0.131. The van der Waals surface area contributed by atoms with Gasteiger partial charge in [0, 0.05) is 25.8 Å². The average Bonchev–Trinajstić information content (AvgIpc) is 3.14. The summed E-state index contributed by atoms with van der Waals surface area (Å²) >= 11 is 0. The summed E-state index contributed by atoms with van der Waals surface area (Å²) in [5.74, 6) is 2.97. The first-order valence-corrected chi connectivity index (χ1v) is 9.07. The van der Waals surface area contributed by atoms with Crippen LogP contribution in [0.15, 0.2) is 36.5 Å². The normalized spacial score (nSPS) is 18.7. The van der Waals surface area contributed by atoms with E-state index < -0.39 is 0 Å². The maximum absolute atomic E-state index is 12.4. The highest BCUT2D eigenvalue weighted by Gasteiger charge is 2.18. The number of fused-ring (bicyclic) bond motifs is 1. The van der Waals surface area contributed by atoms with Crippen molar-refractivity contribution >= 4 is 11.7 Å². The van der Waals surface area contributed by atoms with Crippen molar-refractivity contribution in [1.29, 1.82) is 0 Å². The summed E-state index contributed by atoms with van der Waals surface area (Å²) in [5.41, 5.74) is 1.54. The Morgan fingerprint density at radius 2 is 2.15 bits per heavy atom. The van der Waals surface area contributed by atoms with Gasteiger partial charge in [0.25, 0.3) is 5.91 Å². The van der Waals surface area contributed by atoms with Crippen molar-refractivity contribution in [1.82, 2.24) is 10.3 Å². The molecule has 6 nitrogen and oxygen atoms in total. The molecule has 1 saturated heterocycles. The number of aromatic nitrogens is 1. The Kier molecular flexibility index (Phi) is 4.65. The fraction of sp³-hybridized carbons (Fsp3) is 0.400. The number of carbonyl (C=O) groups excluding carboxylic acids is 1. The number of piperidine rings is 1. The number of ether oxygens (including phenoxy) is 2. The van der Waals surface area contributed by atoms with E-state index in [0.717, 1.165) is 36.0 Å². The molecule has 26 heavy (non-hydrogen) atoms. The van der Waals surface area contributed by atoms with Crippen molar-refractivity contribution in [3.63, 3.8) is 0 Å². The first kappa shape index (κ1) is 16.7. The van der Waals surface area contributed by atoms with Crippen LogP contribution < -0.4 is 19.7 Å². The number of amides is 1. The largest absolute Gasteiger partial charge is 0.454 e. The highest BCUT2D eigenvalue weighted by molar-refractivity contribution is 5.94. The monoisotopic (exact) mass is 353 g/mol. The Morgan fingerprint density at radius 1 is 1.27 bits per heavy atom. The molecule has 1 amide bonds. The molecule has 1 aromatic heterocycles. The quantitative estimate of drug-likeness (QED) is 0.915. The second-order valence-electron chi connectivity index (χ2n) is 6.97. The molecule has 4 rings (SSSR count). The molecule has 2 aromatic rings. The third-order valence-corrected chi connectivity index (χ3v) is 4.88. The van der Waals surface area contributed by atoms with Crippen LogP contribution in [0, 0.1) is 5.92 Å². The molecule has 2 aliphatic heterocycles. The number of pyridine rings is 1. The van der Waals surface area contributed by atoms with Gasteiger partial charge in [0.1, 0.15) is 5.82 Å². The number of hydrogen-bond donors (Lipinski definition) is 1. The SMILES string of the molecule is CC1CCCN(c2ccc(C(=O)NCc3ccc4c(c3)OCO4)cn2)C1. The third-order valence-electron chi connectivity index (χ3n) is 4.88. The van der Waals surface area contributed by atoms with Gasteiger partial charge in [0.2, 0.25) is 6.79 Å². The van der Waals surface area contributed by atoms with E-state index in [1.165, 1.54) is 12.8 Å². The molecule has 1 fully saturated rings. The van der Waals surface area contributed by atoms with E-state index in [-0.39, 0.29) is 12.7 Å². The molecule has 2 aliphatic rings. The first-order valence-electron chi connectivity index (χ1n) is 9.07. The molecule has 0 radical (unpaired) electrons. The second kappa shape index (κ2) is 7.23. The van der Waals surface area contributed by atoms with Crippen molar-refractivity contribution in [2.45, 2.75) is 26.3 Å². The number of nitrogens with one attached hydrogen (secondary N) is 1. The zero-order chi connectivity index (χ0) is 17.9. The van der Waals surface area contributed by atoms with Crippen molar-refractivity contribution in [2.75, 3.05) is 24.8 Å². The Bertz CT molecular complexity index is 791. The lowest BCUT2D eigenvalue weighted by Gasteiger charge is -2.31. The van der Waals surface area contributed by atoms with Crippen LogP contribution in [0.4, 0.5) is 5.82 Å². The Balaban J connectivity index is 1.36. The minimum Gasteiger partial charge on any atom is -0.454 e. The average molecular weight is 353 g/mol. The van der Waals surface area contributed by atoms with Crippen LogP contribution in [-0.4, -0.2) is 30.8 Å². The number of hydrogen-bond acceptors (Lipinski definition) is 5. The van der Waals surface area contributed by atoms with Crippen molar-refractivity contribution in [3.8, 4) is 11.5 Å². The van der Waals surface area contributed by atoms with Gasteiger partial charge in [0.05, 0.1) is 5.56 Å². The molecule has 1 atom stereocenters. The predicted molar refractivity (Wildman–Crippen MR) is 98.6 cm³/mol. The van der Waals surface area contributed by atoms with E-state index in [0.29, 0.717) is 18.0 Å². The van der Waals surface area contributed by atoms with Gasteiger partial charge in [-0.2, -0.15) is 0 Å². The molecule has 0 aliphatic carbocycles. The van der Waals surface area contributed by atoms with Gasteiger partial charge in [-0.1, -0.05) is 13.0 Å². The predicted octanol–water partition coefficient (Wildman–Crippen LogP) is 2.98. The van der Waals surface area contributed by atoms with Gasteiger partial charge in [-0.15, -0.1) is 0 Å². The van der Waals surface area contributed by atoms with Gasteiger partial charge in [-0.25, -0.2) is 4.98 Å². The number of benzene rings is 1. The van der Waals surface area contributed by atoms with E-state index in [9.17, 15) is 4.79 Å². The van der Waals surface area contributed by atoms with Crippen molar-refractivity contribution in [3.05, 3.63) is 47.7 Å². The third kappa shape index (κ3) is 3.59. The lowest BCUT2D eigenvalue weighted by Crippen LogP contribution is -2.34.